The van der Waals surface area contributed by atoms with E-state index in [1.807, 2.05) is 47.2 Å². The summed E-state index contributed by atoms with van der Waals surface area (Å²) in [5.74, 6) is -2.89. The molecule has 1 aromatic heterocycles. The fraction of sp³-hybridized carbons (Fsp3) is 0.414. The van der Waals surface area contributed by atoms with E-state index in [1.165, 1.54) is 46.7 Å². The SMILES string of the molecule is CC1(C)CCC(c2ccc(Cl)cc2)=C(CN2CCN(c3ccc(C(=O)NS(=O)(=O)c4ccc(N[C@H](CCN5CCN(Cc6cc(F)cnc6C6CCC(=O)NC6=O)CC5)CSc5ccccc5)c(S(=O)(=O)C(F)(F)F)c4)cc3)CC2)C1. The number of aromatic nitrogens is 1. The Hall–Kier alpha value is -5.88. The van der Waals surface area contributed by atoms with Gasteiger partial charge in [0.25, 0.3) is 25.8 Å². The number of thioether (sulfide) groups is 1. The van der Waals surface area contributed by atoms with E-state index in [4.69, 9.17) is 11.6 Å². The molecule has 0 saturated carbocycles. The van der Waals surface area contributed by atoms with E-state index < -0.39 is 70.4 Å². The van der Waals surface area contributed by atoms with Crippen LogP contribution in [0.25, 0.3) is 5.57 Å². The van der Waals surface area contributed by atoms with Crippen molar-refractivity contribution in [2.24, 2.45) is 5.41 Å². The van der Waals surface area contributed by atoms with Gasteiger partial charge in [-0.3, -0.25) is 34.5 Å². The summed E-state index contributed by atoms with van der Waals surface area (Å²) in [5.41, 5.74) is -0.336. The number of anilines is 2. The number of benzene rings is 4. The lowest BCUT2D eigenvalue weighted by Crippen LogP contribution is -2.47. The summed E-state index contributed by atoms with van der Waals surface area (Å²) < 4.78 is 114. The Balaban J connectivity index is 0.842. The Labute approximate surface area is 479 Å². The molecule has 3 amide bonds. The molecule has 432 valence electrons. The van der Waals surface area contributed by atoms with Gasteiger partial charge in [-0.25, -0.2) is 25.9 Å². The second-order valence-corrected chi connectivity index (χ2v) is 27.0. The van der Waals surface area contributed by atoms with Crippen molar-refractivity contribution in [2.75, 3.05) is 81.4 Å². The topological polar surface area (TPSA) is 181 Å². The molecule has 3 saturated heterocycles. The Morgan fingerprint density at radius 1 is 0.840 bits per heavy atom. The first-order chi connectivity index (χ1) is 38.5. The van der Waals surface area contributed by atoms with Crippen molar-refractivity contribution in [1.82, 2.24) is 29.7 Å². The molecule has 9 rings (SSSR count). The zero-order valence-corrected chi connectivity index (χ0v) is 48.2. The van der Waals surface area contributed by atoms with Gasteiger partial charge >= 0.3 is 5.51 Å². The molecule has 1 aliphatic carbocycles. The highest BCUT2D eigenvalue weighted by Gasteiger charge is 2.49. The predicted octanol–water partition coefficient (Wildman–Crippen LogP) is 9.37. The summed E-state index contributed by atoms with van der Waals surface area (Å²) >= 11 is 7.60. The molecule has 0 spiro atoms. The molecule has 15 nitrogen and oxygen atoms in total. The highest BCUT2D eigenvalue weighted by atomic mass is 35.5. The van der Waals surface area contributed by atoms with Gasteiger partial charge in [0.1, 0.15) is 10.7 Å². The maximum Gasteiger partial charge on any atom is 0.501 e. The van der Waals surface area contributed by atoms with Crippen LogP contribution < -0.4 is 20.3 Å². The predicted molar refractivity (Wildman–Crippen MR) is 306 cm³/mol. The third-order valence-electron chi connectivity index (χ3n) is 15.5. The number of alkyl halides is 3. The Morgan fingerprint density at radius 2 is 1.51 bits per heavy atom. The Morgan fingerprint density at radius 3 is 2.19 bits per heavy atom. The van der Waals surface area contributed by atoms with Crippen molar-refractivity contribution in [3.05, 3.63) is 148 Å². The van der Waals surface area contributed by atoms with Crippen LogP contribution in [-0.4, -0.2) is 137 Å². The smallest absolute Gasteiger partial charge is 0.380 e. The van der Waals surface area contributed by atoms with Crippen molar-refractivity contribution in [1.29, 1.82) is 0 Å². The first-order valence-electron chi connectivity index (χ1n) is 26.9. The fourth-order valence-corrected chi connectivity index (χ4v) is 14.1. The summed E-state index contributed by atoms with van der Waals surface area (Å²) in [5, 5.41) is 6.04. The largest absolute Gasteiger partial charge is 0.501 e. The van der Waals surface area contributed by atoms with Crippen LogP contribution in [0.2, 0.25) is 5.02 Å². The van der Waals surface area contributed by atoms with Crippen LogP contribution in [0.3, 0.4) is 0 Å². The van der Waals surface area contributed by atoms with Gasteiger partial charge < -0.3 is 15.1 Å². The number of nitrogens with zero attached hydrogens (tertiary/aromatic N) is 5. The summed E-state index contributed by atoms with van der Waals surface area (Å²) in [4.78, 5) is 49.8. The fourth-order valence-electron chi connectivity index (χ4n) is 11.0. The average Bonchev–Trinajstić information content (AvgIpc) is 3.59. The number of hydrogen-bond acceptors (Lipinski definition) is 14. The summed E-state index contributed by atoms with van der Waals surface area (Å²) in [6.07, 6.45) is 4.88. The van der Waals surface area contributed by atoms with Crippen LogP contribution in [0, 0.1) is 11.2 Å². The number of halogens is 5. The summed E-state index contributed by atoms with van der Waals surface area (Å²) in [6.45, 7) is 11.4. The van der Waals surface area contributed by atoms with Crippen LogP contribution in [0.1, 0.15) is 85.5 Å². The Bertz CT molecular complexity index is 3360. The second-order valence-electron chi connectivity index (χ2n) is 21.9. The molecule has 5 aromatic rings. The third kappa shape index (κ3) is 15.0. The monoisotopic (exact) mass is 1190 g/mol. The number of pyridine rings is 1. The highest BCUT2D eigenvalue weighted by molar-refractivity contribution is 7.99. The number of nitrogens with one attached hydrogen (secondary N) is 3. The maximum absolute atomic E-state index is 14.5. The lowest BCUT2D eigenvalue weighted by Gasteiger charge is -2.39. The normalized spacial score (nSPS) is 19.3. The quantitative estimate of drug-likeness (QED) is 0.0404. The number of sulfone groups is 1. The van der Waals surface area contributed by atoms with E-state index in [0.717, 1.165) is 67.8 Å². The number of carbonyl (C=O) groups is 3. The third-order valence-corrected chi connectivity index (χ3v) is 19.8. The minimum atomic E-state index is -6.16. The second kappa shape index (κ2) is 25.3. The van der Waals surface area contributed by atoms with Crippen molar-refractivity contribution in [3.63, 3.8) is 0 Å². The number of sulfonamides is 1. The molecule has 3 aliphatic heterocycles. The molecule has 0 bridgehead atoms. The van der Waals surface area contributed by atoms with Gasteiger partial charge in [-0.15, -0.1) is 11.8 Å². The molecular formula is C58H65ClF4N8O7S3. The number of piperazine rings is 2. The van der Waals surface area contributed by atoms with Gasteiger partial charge in [-0.1, -0.05) is 61.4 Å². The number of carbonyl (C=O) groups excluding carboxylic acids is 3. The van der Waals surface area contributed by atoms with Gasteiger partial charge in [0.2, 0.25) is 11.8 Å². The minimum Gasteiger partial charge on any atom is -0.380 e. The number of piperidine rings is 1. The average molecular weight is 1190 g/mol. The first kappa shape index (κ1) is 59.7. The van der Waals surface area contributed by atoms with E-state index in [0.29, 0.717) is 81.1 Å². The molecular weight excluding hydrogens is 1130 g/mol. The zero-order valence-electron chi connectivity index (χ0n) is 45.0. The minimum absolute atomic E-state index is 0.0352. The van der Waals surface area contributed by atoms with E-state index in [2.05, 4.69) is 61.2 Å². The molecule has 0 radical (unpaired) electrons. The molecule has 3 fully saturated rings. The van der Waals surface area contributed by atoms with E-state index in [-0.39, 0.29) is 35.5 Å². The molecule has 23 heteroatoms. The molecule has 81 heavy (non-hydrogen) atoms. The molecule has 1 unspecified atom stereocenters. The summed E-state index contributed by atoms with van der Waals surface area (Å²) in [7, 11) is -11.1. The lowest BCUT2D eigenvalue weighted by atomic mass is 9.73. The van der Waals surface area contributed by atoms with Crippen molar-refractivity contribution >= 4 is 77.9 Å². The number of imide groups is 1. The van der Waals surface area contributed by atoms with Crippen molar-refractivity contribution in [2.45, 2.75) is 91.1 Å². The van der Waals surface area contributed by atoms with Crippen molar-refractivity contribution < 1.29 is 48.8 Å². The van der Waals surface area contributed by atoms with Gasteiger partial charge in [-0.2, -0.15) is 13.2 Å². The van der Waals surface area contributed by atoms with Gasteiger partial charge in [0.05, 0.1) is 28.4 Å². The molecule has 2 atom stereocenters. The van der Waals surface area contributed by atoms with Gasteiger partial charge in [0.15, 0.2) is 0 Å². The van der Waals surface area contributed by atoms with Crippen molar-refractivity contribution in [3.8, 4) is 0 Å². The highest BCUT2D eigenvalue weighted by Crippen LogP contribution is 2.43. The van der Waals surface area contributed by atoms with Crippen LogP contribution in [0.4, 0.5) is 28.9 Å². The number of rotatable bonds is 19. The first-order valence-corrected chi connectivity index (χ1v) is 31.3. The maximum atomic E-state index is 14.5. The van der Waals surface area contributed by atoms with Gasteiger partial charge in [0, 0.05) is 111 Å². The number of hydrogen-bond donors (Lipinski definition) is 3. The lowest BCUT2D eigenvalue weighted by molar-refractivity contribution is -0.134. The number of amides is 3. The Kier molecular flexibility index (Phi) is 18.7. The standard InChI is InChI=1S/C58H65ClF4N8O7S3/c1-57(2)22-20-49(39-8-12-43(59)13-9-39)42(34-57)37-70-28-30-71(31-29-70)46-14-10-40(11-15-46)55(73)67-81(77,78)48-16-18-51(52(33-48)80(75,76)58(61,62)63)65-45(38-79-47-6-4-3-5-7-47)21-23-68-24-26-69(27-25-68)36-41-32-44(60)35-64-54(41)50-17-19-53(72)66-56(50)74/h3-16,18,32-33,35,45,50,65H,17,19-31,34,36-38H2,1-2H3,(H,67,73)(H,66,72,74)/t45-,50?/m1/s1. The van der Waals surface area contributed by atoms with E-state index in [9.17, 15) is 48.8 Å². The molecule has 4 heterocycles. The molecule has 4 aromatic carbocycles. The van der Waals surface area contributed by atoms with Crippen LogP contribution in [0.15, 0.2) is 130 Å². The summed E-state index contributed by atoms with van der Waals surface area (Å²) in [6, 6.07) is 26.7. The zero-order chi connectivity index (χ0) is 57.7. The van der Waals surface area contributed by atoms with Crippen LogP contribution >= 0.6 is 23.4 Å². The molecule has 3 N–H and O–H groups in total. The van der Waals surface area contributed by atoms with Crippen LogP contribution in [0.5, 0.6) is 0 Å². The van der Waals surface area contributed by atoms with E-state index in [1.54, 1.807) is 12.1 Å². The van der Waals surface area contributed by atoms with Crippen LogP contribution in [-0.2, 0) is 36.0 Å². The van der Waals surface area contributed by atoms with Gasteiger partial charge in [-0.05, 0) is 127 Å². The molecule has 4 aliphatic rings. The van der Waals surface area contributed by atoms with E-state index >= 15 is 0 Å². The number of allylic oxidation sites excluding steroid dienone is 1.